The molecule has 2 aliphatic heterocycles. The quantitative estimate of drug-likeness (QED) is 0.626. The number of benzene rings is 1. The minimum atomic E-state index is -0.271. The number of amides is 2. The standard InChI is InChI=1S/C25H30N6O2/c1-16-13-19(22-24(27-16)31-12-4-2-3-10-21(31)29-22)25(33)28-18-8-5-7-17(14-18)15-30-11-6-9-20(30)23(26)32/h5,7-8,13-14,20H,2-4,6,9-12,15H2,1H3,(H2,26,32)(H,28,33). The maximum Gasteiger partial charge on any atom is 0.258 e. The third kappa shape index (κ3) is 4.35. The lowest BCUT2D eigenvalue weighted by molar-refractivity contribution is -0.122. The van der Waals surface area contributed by atoms with Crippen LogP contribution in [0.4, 0.5) is 5.69 Å². The molecular weight excluding hydrogens is 416 g/mol. The number of likely N-dealkylation sites (tertiary alicyclic amines) is 1. The Morgan fingerprint density at radius 3 is 2.85 bits per heavy atom. The Morgan fingerprint density at radius 2 is 2.00 bits per heavy atom. The van der Waals surface area contributed by atoms with Crippen LogP contribution in [0.1, 0.15) is 59.5 Å². The van der Waals surface area contributed by atoms with Crippen LogP contribution >= 0.6 is 0 Å². The highest BCUT2D eigenvalue weighted by molar-refractivity contribution is 6.11. The Hall–Kier alpha value is -3.26. The van der Waals surface area contributed by atoms with E-state index in [2.05, 4.69) is 14.8 Å². The third-order valence-corrected chi connectivity index (χ3v) is 6.70. The van der Waals surface area contributed by atoms with E-state index >= 15 is 0 Å². The molecule has 0 bridgehead atoms. The van der Waals surface area contributed by atoms with Crippen molar-refractivity contribution in [2.24, 2.45) is 5.73 Å². The van der Waals surface area contributed by atoms with E-state index < -0.39 is 0 Å². The van der Waals surface area contributed by atoms with Crippen LogP contribution in [0.25, 0.3) is 11.2 Å². The first-order chi connectivity index (χ1) is 16.0. The molecule has 8 nitrogen and oxygen atoms in total. The van der Waals surface area contributed by atoms with Crippen LogP contribution in [0.15, 0.2) is 30.3 Å². The van der Waals surface area contributed by atoms with Gasteiger partial charge in [0.05, 0.1) is 11.6 Å². The second-order valence-electron chi connectivity index (χ2n) is 9.16. The number of fused-ring (bicyclic) bond motifs is 3. The van der Waals surface area contributed by atoms with Crippen molar-refractivity contribution in [2.45, 2.75) is 64.6 Å². The lowest BCUT2D eigenvalue weighted by Crippen LogP contribution is -2.39. The van der Waals surface area contributed by atoms with E-state index in [1.807, 2.05) is 37.3 Å². The molecule has 1 unspecified atom stereocenters. The summed E-state index contributed by atoms with van der Waals surface area (Å²) >= 11 is 0. The van der Waals surface area contributed by atoms with Crippen LogP contribution in [-0.4, -0.2) is 43.8 Å². The van der Waals surface area contributed by atoms with Gasteiger partial charge in [-0.3, -0.25) is 14.5 Å². The van der Waals surface area contributed by atoms with Crippen LogP contribution in [0.5, 0.6) is 0 Å². The lowest BCUT2D eigenvalue weighted by atomic mass is 10.1. The second kappa shape index (κ2) is 8.94. The number of pyridine rings is 1. The normalized spacial score (nSPS) is 18.8. The van der Waals surface area contributed by atoms with E-state index in [0.29, 0.717) is 17.6 Å². The predicted molar refractivity (Wildman–Crippen MR) is 127 cm³/mol. The van der Waals surface area contributed by atoms with Crippen molar-refractivity contribution in [1.82, 2.24) is 19.4 Å². The van der Waals surface area contributed by atoms with Gasteiger partial charge in [-0.15, -0.1) is 0 Å². The van der Waals surface area contributed by atoms with E-state index in [1.54, 1.807) is 0 Å². The first-order valence-electron chi connectivity index (χ1n) is 11.8. The second-order valence-corrected chi connectivity index (χ2v) is 9.16. The summed E-state index contributed by atoms with van der Waals surface area (Å²) in [5, 5.41) is 3.04. The summed E-state index contributed by atoms with van der Waals surface area (Å²) in [6, 6.07) is 9.37. The Labute approximate surface area is 193 Å². The van der Waals surface area contributed by atoms with Gasteiger partial charge in [-0.25, -0.2) is 9.97 Å². The van der Waals surface area contributed by atoms with Gasteiger partial charge in [0.2, 0.25) is 5.91 Å². The molecule has 4 heterocycles. The number of nitrogens with one attached hydrogen (secondary N) is 1. The lowest BCUT2D eigenvalue weighted by Gasteiger charge is -2.22. The molecule has 2 amide bonds. The summed E-state index contributed by atoms with van der Waals surface area (Å²) in [5.41, 5.74) is 10.1. The van der Waals surface area contributed by atoms with Crippen LogP contribution in [0.3, 0.4) is 0 Å². The highest BCUT2D eigenvalue weighted by Crippen LogP contribution is 2.25. The smallest absolute Gasteiger partial charge is 0.258 e. The number of aryl methyl sites for hydroxylation is 3. The van der Waals surface area contributed by atoms with Crippen molar-refractivity contribution in [1.29, 1.82) is 0 Å². The van der Waals surface area contributed by atoms with Crippen LogP contribution in [0, 0.1) is 6.92 Å². The first-order valence-corrected chi connectivity index (χ1v) is 11.8. The van der Waals surface area contributed by atoms with E-state index in [9.17, 15) is 9.59 Å². The fourth-order valence-corrected chi connectivity index (χ4v) is 5.11. The van der Waals surface area contributed by atoms with Gasteiger partial charge in [0.1, 0.15) is 11.3 Å². The highest BCUT2D eigenvalue weighted by Gasteiger charge is 2.29. The van der Waals surface area contributed by atoms with Gasteiger partial charge in [0, 0.05) is 30.9 Å². The molecule has 172 valence electrons. The highest BCUT2D eigenvalue weighted by atomic mass is 16.2. The van der Waals surface area contributed by atoms with Crippen molar-refractivity contribution in [3.05, 3.63) is 53.0 Å². The van der Waals surface area contributed by atoms with E-state index in [0.717, 1.165) is 73.6 Å². The number of nitrogens with zero attached hydrogens (tertiary/aromatic N) is 4. The molecule has 1 aromatic carbocycles. The molecule has 2 aromatic heterocycles. The summed E-state index contributed by atoms with van der Waals surface area (Å²) in [6.07, 6.45) is 6.10. The Morgan fingerprint density at radius 1 is 1.12 bits per heavy atom. The maximum absolute atomic E-state index is 13.3. The van der Waals surface area contributed by atoms with Crippen LogP contribution in [-0.2, 0) is 24.3 Å². The molecule has 0 aliphatic carbocycles. The summed E-state index contributed by atoms with van der Waals surface area (Å²) in [6.45, 7) is 4.29. The molecule has 0 radical (unpaired) electrons. The summed E-state index contributed by atoms with van der Waals surface area (Å²) < 4.78 is 2.18. The predicted octanol–water partition coefficient (Wildman–Crippen LogP) is 3.17. The zero-order chi connectivity index (χ0) is 22.9. The SMILES string of the molecule is Cc1cc(C(=O)Nc2cccc(CN3CCCC3C(N)=O)c2)c2nc3n(c2n1)CCCCC3. The fraction of sp³-hybridized carbons (Fsp3) is 0.440. The molecule has 1 atom stereocenters. The molecule has 33 heavy (non-hydrogen) atoms. The average molecular weight is 447 g/mol. The van der Waals surface area contributed by atoms with Crippen LogP contribution < -0.4 is 11.1 Å². The van der Waals surface area contributed by atoms with E-state index in [4.69, 9.17) is 15.7 Å². The van der Waals surface area contributed by atoms with Crippen molar-refractivity contribution in [2.75, 3.05) is 11.9 Å². The van der Waals surface area contributed by atoms with Crippen molar-refractivity contribution in [3.8, 4) is 0 Å². The van der Waals surface area contributed by atoms with Crippen molar-refractivity contribution in [3.63, 3.8) is 0 Å². The average Bonchev–Trinajstić information content (AvgIpc) is 3.30. The Balaban J connectivity index is 1.39. The Bertz CT molecular complexity index is 1220. The van der Waals surface area contributed by atoms with E-state index in [1.165, 1.54) is 6.42 Å². The number of aromatic nitrogens is 3. The molecular formula is C25H30N6O2. The van der Waals surface area contributed by atoms with Gasteiger partial charge in [0.25, 0.3) is 5.91 Å². The van der Waals surface area contributed by atoms with Gasteiger partial charge in [-0.1, -0.05) is 18.6 Å². The summed E-state index contributed by atoms with van der Waals surface area (Å²) in [4.78, 5) is 36.6. The molecule has 2 aliphatic rings. The number of carbonyl (C=O) groups excluding carboxylic acids is 2. The number of hydrogen-bond donors (Lipinski definition) is 2. The van der Waals surface area contributed by atoms with Gasteiger partial charge in [-0.2, -0.15) is 0 Å². The first kappa shape index (κ1) is 21.6. The minimum absolute atomic E-state index is 0.188. The number of nitrogens with two attached hydrogens (primary N) is 1. The van der Waals surface area contributed by atoms with Crippen molar-refractivity contribution >= 4 is 28.7 Å². The fourth-order valence-electron chi connectivity index (χ4n) is 5.11. The number of anilines is 1. The van der Waals surface area contributed by atoms with Gasteiger partial charge in [-0.05, 0) is 62.9 Å². The molecule has 1 fully saturated rings. The molecule has 1 saturated heterocycles. The number of hydrogen-bond acceptors (Lipinski definition) is 5. The topological polar surface area (TPSA) is 106 Å². The number of rotatable bonds is 5. The molecule has 8 heteroatoms. The van der Waals surface area contributed by atoms with Crippen LogP contribution in [0.2, 0.25) is 0 Å². The molecule has 3 N–H and O–H groups in total. The van der Waals surface area contributed by atoms with Crippen molar-refractivity contribution < 1.29 is 9.59 Å². The zero-order valence-corrected chi connectivity index (χ0v) is 19.0. The molecule has 0 spiro atoms. The monoisotopic (exact) mass is 446 g/mol. The van der Waals surface area contributed by atoms with Gasteiger partial charge in [0.15, 0.2) is 5.65 Å². The molecule has 5 rings (SSSR count). The number of imidazole rings is 1. The minimum Gasteiger partial charge on any atom is -0.368 e. The number of primary amides is 1. The molecule has 0 saturated carbocycles. The summed E-state index contributed by atoms with van der Waals surface area (Å²) in [7, 11) is 0. The Kier molecular flexibility index (Phi) is 5.85. The largest absolute Gasteiger partial charge is 0.368 e. The van der Waals surface area contributed by atoms with E-state index in [-0.39, 0.29) is 17.9 Å². The van der Waals surface area contributed by atoms with Gasteiger partial charge >= 0.3 is 0 Å². The van der Waals surface area contributed by atoms with Gasteiger partial charge < -0.3 is 15.6 Å². The zero-order valence-electron chi connectivity index (χ0n) is 19.0. The summed E-state index contributed by atoms with van der Waals surface area (Å²) in [5.74, 6) is 0.561. The third-order valence-electron chi connectivity index (χ3n) is 6.70. The maximum atomic E-state index is 13.3. The number of carbonyl (C=O) groups is 2. The molecule has 3 aromatic rings.